The van der Waals surface area contributed by atoms with Crippen LogP contribution < -0.4 is 4.74 Å². The molecule has 2 aromatic carbocycles. The number of likely N-dealkylation sites (tertiary alicyclic amines) is 1. The lowest BCUT2D eigenvalue weighted by molar-refractivity contribution is -0.139. The van der Waals surface area contributed by atoms with Gasteiger partial charge in [0.15, 0.2) is 6.61 Å². The van der Waals surface area contributed by atoms with Gasteiger partial charge in [0.25, 0.3) is 5.91 Å². The Hall–Kier alpha value is -3.15. The van der Waals surface area contributed by atoms with E-state index in [4.69, 9.17) is 4.74 Å². The van der Waals surface area contributed by atoms with Crippen LogP contribution in [0.1, 0.15) is 6.04 Å². The van der Waals surface area contributed by atoms with Gasteiger partial charge in [-0.25, -0.2) is 4.68 Å². The van der Waals surface area contributed by atoms with Gasteiger partial charge in [0.05, 0.1) is 12.2 Å². The van der Waals surface area contributed by atoms with Crippen LogP contribution in [0.5, 0.6) is 5.75 Å². The number of ether oxygens (including phenoxy) is 1. The topological polar surface area (TPSA) is 60.2 Å². The van der Waals surface area contributed by atoms with Gasteiger partial charge in [0.2, 0.25) is 0 Å². The molecule has 4 rings (SSSR count). The van der Waals surface area contributed by atoms with Crippen molar-refractivity contribution in [2.24, 2.45) is 0 Å². The Morgan fingerprint density at radius 2 is 1.72 bits per heavy atom. The molecule has 0 bridgehead atoms. The van der Waals surface area contributed by atoms with E-state index in [9.17, 15) is 4.79 Å². The molecule has 0 N–H and O–H groups in total. The molecule has 1 aliphatic rings. The van der Waals surface area contributed by atoms with E-state index >= 15 is 0 Å². The van der Waals surface area contributed by atoms with Gasteiger partial charge >= 0.3 is 0 Å². The van der Waals surface area contributed by atoms with Crippen LogP contribution in [0, 0.1) is 0 Å². The van der Waals surface area contributed by atoms with Gasteiger partial charge in [-0.1, -0.05) is 53.7 Å². The van der Waals surface area contributed by atoms with E-state index in [0.29, 0.717) is 18.8 Å². The van der Waals surface area contributed by atoms with Crippen LogP contribution in [0.25, 0.3) is 11.3 Å². The van der Waals surface area contributed by atoms with Crippen molar-refractivity contribution in [2.75, 3.05) is 19.7 Å². The van der Waals surface area contributed by atoms with Gasteiger partial charge in [-0.2, -0.15) is 0 Å². The summed E-state index contributed by atoms with van der Waals surface area (Å²) in [6.45, 7) is 1.33. The highest BCUT2D eigenvalue weighted by Crippen LogP contribution is 2.23. The summed E-state index contributed by atoms with van der Waals surface area (Å²) in [6, 6.07) is 19.5. The van der Waals surface area contributed by atoms with Gasteiger partial charge in [-0.05, 0) is 12.1 Å². The van der Waals surface area contributed by atoms with E-state index < -0.39 is 0 Å². The molecular formula is C19H18N4O2. The minimum atomic E-state index is -0.0106. The van der Waals surface area contributed by atoms with E-state index in [0.717, 1.165) is 11.3 Å². The molecule has 0 saturated carbocycles. The van der Waals surface area contributed by atoms with Crippen LogP contribution in [-0.2, 0) is 4.79 Å². The van der Waals surface area contributed by atoms with E-state index in [1.54, 1.807) is 4.90 Å². The van der Waals surface area contributed by atoms with Crippen molar-refractivity contribution in [1.29, 1.82) is 0 Å². The number of carbonyl (C=O) groups excluding carboxylic acids is 1. The molecule has 0 radical (unpaired) electrons. The van der Waals surface area contributed by atoms with Crippen LogP contribution >= 0.6 is 0 Å². The zero-order valence-electron chi connectivity index (χ0n) is 13.7. The third-order valence-electron chi connectivity index (χ3n) is 4.27. The maximum absolute atomic E-state index is 12.2. The number of hydrogen-bond donors (Lipinski definition) is 0. The zero-order valence-corrected chi connectivity index (χ0v) is 13.7. The molecule has 25 heavy (non-hydrogen) atoms. The molecule has 6 heteroatoms. The first-order valence-corrected chi connectivity index (χ1v) is 8.22. The van der Waals surface area contributed by atoms with Crippen molar-refractivity contribution < 1.29 is 9.53 Å². The van der Waals surface area contributed by atoms with E-state index in [2.05, 4.69) is 10.3 Å². The Bertz CT molecular complexity index is 842. The first-order valence-electron chi connectivity index (χ1n) is 8.22. The fraction of sp³-hybridized carbons (Fsp3) is 0.211. The number of carbonyl (C=O) groups is 1. The maximum Gasteiger partial charge on any atom is 0.260 e. The lowest BCUT2D eigenvalue weighted by Gasteiger charge is -2.38. The average Bonchev–Trinajstić information content (AvgIpc) is 3.10. The Labute approximate surface area is 145 Å². The Balaban J connectivity index is 1.30. The van der Waals surface area contributed by atoms with Crippen molar-refractivity contribution in [3.05, 3.63) is 66.9 Å². The summed E-state index contributed by atoms with van der Waals surface area (Å²) in [5.41, 5.74) is 1.88. The Kier molecular flexibility index (Phi) is 4.16. The second-order valence-corrected chi connectivity index (χ2v) is 6.00. The van der Waals surface area contributed by atoms with Crippen LogP contribution in [-0.4, -0.2) is 45.5 Å². The monoisotopic (exact) mass is 334 g/mol. The highest BCUT2D eigenvalue weighted by Gasteiger charge is 2.32. The molecule has 1 saturated heterocycles. The Morgan fingerprint density at radius 1 is 1.04 bits per heavy atom. The van der Waals surface area contributed by atoms with Gasteiger partial charge < -0.3 is 9.64 Å². The molecule has 2 heterocycles. The fourth-order valence-electron chi connectivity index (χ4n) is 2.78. The SMILES string of the molecule is O=C(COc1ccccc1)N1CC(n2cc(-c3ccccc3)nn2)C1. The summed E-state index contributed by atoms with van der Waals surface area (Å²) in [5, 5.41) is 8.42. The average molecular weight is 334 g/mol. The summed E-state index contributed by atoms with van der Waals surface area (Å²) >= 11 is 0. The molecule has 0 unspecified atom stereocenters. The number of amides is 1. The van der Waals surface area contributed by atoms with Crippen molar-refractivity contribution in [1.82, 2.24) is 19.9 Å². The van der Waals surface area contributed by atoms with Crippen molar-refractivity contribution in [2.45, 2.75) is 6.04 Å². The molecule has 1 fully saturated rings. The third-order valence-corrected chi connectivity index (χ3v) is 4.27. The summed E-state index contributed by atoms with van der Waals surface area (Å²) in [4.78, 5) is 13.9. The quantitative estimate of drug-likeness (QED) is 0.719. The Morgan fingerprint density at radius 3 is 2.44 bits per heavy atom. The van der Waals surface area contributed by atoms with E-state index in [1.165, 1.54) is 0 Å². The van der Waals surface area contributed by atoms with Gasteiger partial charge in [0.1, 0.15) is 11.4 Å². The van der Waals surface area contributed by atoms with Crippen LogP contribution in [0.4, 0.5) is 0 Å². The fourth-order valence-corrected chi connectivity index (χ4v) is 2.78. The lowest BCUT2D eigenvalue weighted by atomic mass is 10.1. The largest absolute Gasteiger partial charge is 0.484 e. The van der Waals surface area contributed by atoms with Gasteiger partial charge in [-0.3, -0.25) is 4.79 Å². The van der Waals surface area contributed by atoms with Crippen molar-refractivity contribution in [3.63, 3.8) is 0 Å². The maximum atomic E-state index is 12.2. The van der Waals surface area contributed by atoms with Crippen molar-refractivity contribution >= 4 is 5.91 Å². The first kappa shape index (κ1) is 15.4. The summed E-state index contributed by atoms with van der Waals surface area (Å²) < 4.78 is 7.34. The number of para-hydroxylation sites is 1. The molecule has 1 amide bonds. The van der Waals surface area contributed by atoms with Gasteiger partial charge in [-0.15, -0.1) is 5.10 Å². The molecule has 0 spiro atoms. The molecule has 3 aromatic rings. The number of hydrogen-bond acceptors (Lipinski definition) is 4. The van der Waals surface area contributed by atoms with Crippen LogP contribution in [0.3, 0.4) is 0 Å². The minimum absolute atomic E-state index is 0.0106. The first-order chi connectivity index (χ1) is 12.3. The smallest absolute Gasteiger partial charge is 0.260 e. The summed E-state index contributed by atoms with van der Waals surface area (Å²) in [5.74, 6) is 0.695. The number of aromatic nitrogens is 3. The summed E-state index contributed by atoms with van der Waals surface area (Å²) in [6.07, 6.45) is 1.93. The molecule has 0 atom stereocenters. The van der Waals surface area contributed by atoms with Crippen molar-refractivity contribution in [3.8, 4) is 17.0 Å². The molecule has 1 aromatic heterocycles. The lowest BCUT2D eigenvalue weighted by Crippen LogP contribution is -2.52. The predicted molar refractivity (Wildman–Crippen MR) is 93.0 cm³/mol. The highest BCUT2D eigenvalue weighted by atomic mass is 16.5. The zero-order chi connectivity index (χ0) is 17.1. The van der Waals surface area contributed by atoms with Crippen LogP contribution in [0.2, 0.25) is 0 Å². The highest BCUT2D eigenvalue weighted by molar-refractivity contribution is 5.78. The normalized spacial score (nSPS) is 14.2. The number of rotatable bonds is 5. The number of benzene rings is 2. The second-order valence-electron chi connectivity index (χ2n) is 6.00. The second kappa shape index (κ2) is 6.76. The molecule has 126 valence electrons. The van der Waals surface area contributed by atoms with E-state index in [1.807, 2.05) is 71.5 Å². The van der Waals surface area contributed by atoms with Gasteiger partial charge in [0, 0.05) is 18.7 Å². The minimum Gasteiger partial charge on any atom is -0.484 e. The van der Waals surface area contributed by atoms with E-state index in [-0.39, 0.29) is 18.6 Å². The molecule has 6 nitrogen and oxygen atoms in total. The molecular weight excluding hydrogens is 316 g/mol. The third kappa shape index (κ3) is 3.38. The standard InChI is InChI=1S/C19H18N4O2/c24-19(14-25-17-9-5-2-6-10-17)22-11-16(12-22)23-13-18(20-21-23)15-7-3-1-4-8-15/h1-10,13,16H,11-12,14H2. The number of nitrogens with zero attached hydrogens (tertiary/aromatic N) is 4. The summed E-state index contributed by atoms with van der Waals surface area (Å²) in [7, 11) is 0. The molecule has 0 aliphatic carbocycles. The molecule has 1 aliphatic heterocycles. The predicted octanol–water partition coefficient (Wildman–Crippen LogP) is 2.41. The van der Waals surface area contributed by atoms with Crippen LogP contribution in [0.15, 0.2) is 66.9 Å².